The summed E-state index contributed by atoms with van der Waals surface area (Å²) in [6.45, 7) is 3.52. The van der Waals surface area contributed by atoms with Gasteiger partial charge in [-0.15, -0.1) is 0 Å². The fraction of sp³-hybridized carbons (Fsp3) is 0.211. The summed E-state index contributed by atoms with van der Waals surface area (Å²) in [7, 11) is 1.77. The zero-order chi connectivity index (χ0) is 19.7. The van der Waals surface area contributed by atoms with Gasteiger partial charge in [0.1, 0.15) is 11.7 Å². The molecule has 0 amide bonds. The van der Waals surface area contributed by atoms with Crippen molar-refractivity contribution >= 4 is 23.1 Å². The van der Waals surface area contributed by atoms with Crippen molar-refractivity contribution in [2.24, 2.45) is 10.7 Å². The monoisotopic (exact) mass is 356 g/mol. The van der Waals surface area contributed by atoms with Gasteiger partial charge in [-0.1, -0.05) is 18.2 Å². The Morgan fingerprint density at radius 3 is 2.23 bits per heavy atom. The molecule has 0 aliphatic heterocycles. The number of hydrogen-bond acceptors (Lipinski definition) is 4. The van der Waals surface area contributed by atoms with E-state index in [2.05, 4.69) is 10.3 Å². The molecule has 1 atom stereocenters. The highest BCUT2D eigenvalue weighted by Crippen LogP contribution is 2.15. The molecule has 0 spiro atoms. The lowest BCUT2D eigenvalue weighted by Crippen LogP contribution is -2.37. The standard InChI is InChI=1S/C13H20N6.C6H5F/c1-7(14)10-6-9(4-5-11(10)15)13(17)19-12(16)8(2)18-3;7-6-4-2-1-3-5-6/h4-6,8,14,18H,15H2,1-3H3,(H3,16,17,19);1-5H. The van der Waals surface area contributed by atoms with Gasteiger partial charge in [-0.25, -0.2) is 9.38 Å². The molecule has 0 aromatic heterocycles. The first-order chi connectivity index (χ1) is 12.3. The van der Waals surface area contributed by atoms with Crippen molar-refractivity contribution in [3.63, 3.8) is 0 Å². The lowest BCUT2D eigenvalue weighted by molar-refractivity contribution is 0.628. The number of rotatable bonds is 4. The van der Waals surface area contributed by atoms with Gasteiger partial charge >= 0.3 is 0 Å². The summed E-state index contributed by atoms with van der Waals surface area (Å²) in [5, 5.41) is 18.5. The van der Waals surface area contributed by atoms with E-state index in [1.165, 1.54) is 12.1 Å². The molecular weight excluding hydrogens is 331 g/mol. The van der Waals surface area contributed by atoms with Crippen molar-refractivity contribution in [3.8, 4) is 0 Å². The Hall–Kier alpha value is -3.06. The quantitative estimate of drug-likeness (QED) is 0.329. The molecule has 7 N–H and O–H groups in total. The minimum absolute atomic E-state index is 0.0575. The van der Waals surface area contributed by atoms with Gasteiger partial charge in [0.25, 0.3) is 0 Å². The van der Waals surface area contributed by atoms with Crippen LogP contribution >= 0.6 is 0 Å². The van der Waals surface area contributed by atoms with Gasteiger partial charge < -0.3 is 22.2 Å². The van der Waals surface area contributed by atoms with E-state index in [1.807, 2.05) is 6.92 Å². The summed E-state index contributed by atoms with van der Waals surface area (Å²) in [6.07, 6.45) is 0. The predicted octanol–water partition coefficient (Wildman–Crippen LogP) is 2.77. The Kier molecular flexibility index (Phi) is 8.11. The van der Waals surface area contributed by atoms with E-state index in [9.17, 15) is 4.39 Å². The zero-order valence-electron chi connectivity index (χ0n) is 15.2. The molecule has 26 heavy (non-hydrogen) atoms. The minimum atomic E-state index is -0.178. The Morgan fingerprint density at radius 2 is 1.77 bits per heavy atom. The molecule has 6 nitrogen and oxygen atoms in total. The maximum absolute atomic E-state index is 11.9. The number of hydrogen-bond donors (Lipinski definition) is 5. The number of nitrogens with one attached hydrogen (secondary N) is 3. The summed E-state index contributed by atoms with van der Waals surface area (Å²) in [4.78, 5) is 4.05. The van der Waals surface area contributed by atoms with Gasteiger partial charge in [-0.2, -0.15) is 0 Å². The molecule has 7 heteroatoms. The fourth-order valence-electron chi connectivity index (χ4n) is 1.88. The van der Waals surface area contributed by atoms with Crippen LogP contribution < -0.4 is 16.8 Å². The van der Waals surface area contributed by atoms with Crippen LogP contribution in [0.5, 0.6) is 0 Å². The molecule has 2 aromatic rings. The molecule has 0 heterocycles. The van der Waals surface area contributed by atoms with Crippen molar-refractivity contribution in [1.82, 2.24) is 5.32 Å². The Labute approximate surface area is 153 Å². The van der Waals surface area contributed by atoms with Gasteiger partial charge in [-0.3, -0.25) is 5.41 Å². The number of benzene rings is 2. The lowest BCUT2D eigenvalue weighted by atomic mass is 10.0. The molecule has 0 saturated carbocycles. The SMILES string of the molecule is CNC(C)C(N)=NC(=N)c1ccc(N)c(C(C)=N)c1.Fc1ccccc1. The second-order valence-electron chi connectivity index (χ2n) is 5.62. The highest BCUT2D eigenvalue weighted by molar-refractivity contribution is 6.08. The average Bonchev–Trinajstić information content (AvgIpc) is 2.62. The Bertz CT molecular complexity index is 786. The molecular formula is C19H25FN6. The van der Waals surface area contributed by atoms with Crippen LogP contribution in [0.25, 0.3) is 0 Å². The maximum atomic E-state index is 11.9. The van der Waals surface area contributed by atoms with Gasteiger partial charge in [0.2, 0.25) is 0 Å². The average molecular weight is 356 g/mol. The molecule has 2 rings (SSSR count). The van der Waals surface area contributed by atoms with Crippen LogP contribution in [-0.2, 0) is 0 Å². The summed E-state index contributed by atoms with van der Waals surface area (Å²) in [5.41, 5.74) is 13.6. The molecule has 138 valence electrons. The van der Waals surface area contributed by atoms with Crippen LogP contribution in [0.1, 0.15) is 25.0 Å². The molecule has 2 aromatic carbocycles. The van der Waals surface area contributed by atoms with E-state index < -0.39 is 0 Å². The molecule has 0 saturated heterocycles. The highest BCUT2D eigenvalue weighted by atomic mass is 19.1. The van der Waals surface area contributed by atoms with E-state index >= 15 is 0 Å². The minimum Gasteiger partial charge on any atom is -0.398 e. The smallest absolute Gasteiger partial charge is 0.153 e. The first-order valence-electron chi connectivity index (χ1n) is 8.02. The predicted molar refractivity (Wildman–Crippen MR) is 107 cm³/mol. The molecule has 0 radical (unpaired) electrons. The third kappa shape index (κ3) is 6.45. The highest BCUT2D eigenvalue weighted by Gasteiger charge is 2.09. The number of amidine groups is 2. The maximum Gasteiger partial charge on any atom is 0.153 e. The second kappa shape index (κ2) is 10.0. The van der Waals surface area contributed by atoms with E-state index in [0.29, 0.717) is 28.4 Å². The normalized spacial score (nSPS) is 11.9. The van der Waals surface area contributed by atoms with Crippen LogP contribution in [0.3, 0.4) is 0 Å². The van der Waals surface area contributed by atoms with Crippen LogP contribution in [-0.4, -0.2) is 30.5 Å². The summed E-state index contributed by atoms with van der Waals surface area (Å²) in [5.74, 6) is 0.224. The first kappa shape index (κ1) is 21.0. The number of aliphatic imine (C=N–C) groups is 1. The number of nitrogens with zero attached hydrogens (tertiary/aromatic N) is 1. The van der Waals surface area contributed by atoms with E-state index in [1.54, 1.807) is 50.4 Å². The zero-order valence-corrected chi connectivity index (χ0v) is 15.2. The van der Waals surface area contributed by atoms with Gasteiger partial charge in [-0.05, 0) is 51.2 Å². The first-order valence-corrected chi connectivity index (χ1v) is 8.02. The summed E-state index contributed by atoms with van der Waals surface area (Å²) >= 11 is 0. The van der Waals surface area contributed by atoms with Crippen LogP contribution in [0.15, 0.2) is 53.5 Å². The lowest BCUT2D eigenvalue weighted by Gasteiger charge is -2.10. The molecule has 1 unspecified atom stereocenters. The van der Waals surface area contributed by atoms with Crippen LogP contribution in [0, 0.1) is 16.6 Å². The van der Waals surface area contributed by atoms with E-state index in [-0.39, 0.29) is 17.7 Å². The Balaban J connectivity index is 0.000000401. The molecule has 0 bridgehead atoms. The third-order valence-corrected chi connectivity index (χ3v) is 3.58. The number of nitrogens with two attached hydrogens (primary N) is 2. The summed E-state index contributed by atoms with van der Waals surface area (Å²) in [6, 6.07) is 12.9. The molecule has 0 fully saturated rings. The van der Waals surface area contributed by atoms with E-state index in [0.717, 1.165) is 0 Å². The van der Waals surface area contributed by atoms with Gasteiger partial charge in [0.05, 0.1) is 6.04 Å². The number of nitrogen functional groups attached to an aromatic ring is 1. The number of halogens is 1. The number of likely N-dealkylation sites (N-methyl/N-ethyl adjacent to an activating group) is 1. The van der Waals surface area contributed by atoms with E-state index in [4.69, 9.17) is 22.3 Å². The molecule has 0 aliphatic rings. The van der Waals surface area contributed by atoms with Crippen molar-refractivity contribution in [2.75, 3.05) is 12.8 Å². The van der Waals surface area contributed by atoms with Crippen molar-refractivity contribution in [2.45, 2.75) is 19.9 Å². The van der Waals surface area contributed by atoms with Crippen molar-refractivity contribution < 1.29 is 4.39 Å². The molecule has 0 aliphatic carbocycles. The van der Waals surface area contributed by atoms with Crippen LogP contribution in [0.4, 0.5) is 10.1 Å². The third-order valence-electron chi connectivity index (χ3n) is 3.58. The summed E-state index contributed by atoms with van der Waals surface area (Å²) < 4.78 is 11.9. The topological polar surface area (TPSA) is 124 Å². The largest absolute Gasteiger partial charge is 0.398 e. The number of anilines is 1. The Morgan fingerprint density at radius 1 is 1.15 bits per heavy atom. The van der Waals surface area contributed by atoms with Crippen molar-refractivity contribution in [1.29, 1.82) is 10.8 Å². The van der Waals surface area contributed by atoms with Crippen LogP contribution in [0.2, 0.25) is 0 Å². The van der Waals surface area contributed by atoms with Crippen molar-refractivity contribution in [3.05, 3.63) is 65.5 Å². The second-order valence-corrected chi connectivity index (χ2v) is 5.62. The fourth-order valence-corrected chi connectivity index (χ4v) is 1.88. The van der Waals surface area contributed by atoms with Gasteiger partial charge in [0.15, 0.2) is 5.84 Å². The van der Waals surface area contributed by atoms with Gasteiger partial charge in [0, 0.05) is 22.5 Å².